The van der Waals surface area contributed by atoms with Gasteiger partial charge < -0.3 is 20.1 Å². The molecule has 1 aliphatic rings. The molecule has 20 heavy (non-hydrogen) atoms. The molecule has 1 aromatic heterocycles. The standard InChI is InChI=1S/C13H21N3O3S/c1-7(2)19-10-11(14)15-20-12(10)16-5-8(3)9(6-16)13(17)18-4/h7-9H,5-6H2,1-4H3,(H2,14,15). The number of ether oxygens (including phenoxy) is 2. The SMILES string of the molecule is COC(=O)C1CN(c2snc(N)c2OC(C)C)CC1C. The number of esters is 1. The highest BCUT2D eigenvalue weighted by atomic mass is 32.1. The Kier molecular flexibility index (Phi) is 4.37. The van der Waals surface area contributed by atoms with Crippen molar-refractivity contribution in [3.8, 4) is 5.75 Å². The van der Waals surface area contributed by atoms with E-state index in [1.165, 1.54) is 18.6 Å². The van der Waals surface area contributed by atoms with Crippen LogP contribution in [0.1, 0.15) is 20.8 Å². The molecule has 1 aromatic rings. The number of rotatable bonds is 4. The number of nitrogens with zero attached hydrogens (tertiary/aromatic N) is 2. The third-order valence-corrected chi connectivity index (χ3v) is 4.32. The monoisotopic (exact) mass is 299 g/mol. The zero-order chi connectivity index (χ0) is 14.9. The summed E-state index contributed by atoms with van der Waals surface area (Å²) in [6.45, 7) is 7.34. The molecule has 0 spiro atoms. The van der Waals surface area contributed by atoms with Crippen LogP contribution in [-0.4, -0.2) is 36.6 Å². The lowest BCUT2D eigenvalue weighted by Gasteiger charge is -2.19. The van der Waals surface area contributed by atoms with Crippen molar-refractivity contribution in [2.45, 2.75) is 26.9 Å². The van der Waals surface area contributed by atoms with E-state index in [0.29, 0.717) is 18.1 Å². The molecule has 2 heterocycles. The van der Waals surface area contributed by atoms with Crippen molar-refractivity contribution < 1.29 is 14.3 Å². The van der Waals surface area contributed by atoms with Gasteiger partial charge in [0.05, 0.1) is 19.1 Å². The third kappa shape index (κ3) is 2.82. The highest BCUT2D eigenvalue weighted by Gasteiger charge is 2.37. The molecule has 1 fully saturated rings. The van der Waals surface area contributed by atoms with Gasteiger partial charge in [-0.1, -0.05) is 6.92 Å². The quantitative estimate of drug-likeness (QED) is 0.854. The van der Waals surface area contributed by atoms with E-state index in [4.69, 9.17) is 15.2 Å². The van der Waals surface area contributed by atoms with Crippen molar-refractivity contribution in [3.05, 3.63) is 0 Å². The maximum Gasteiger partial charge on any atom is 0.310 e. The summed E-state index contributed by atoms with van der Waals surface area (Å²) in [6.07, 6.45) is 0.0314. The Bertz CT molecular complexity index is 489. The fraction of sp³-hybridized carbons (Fsp3) is 0.692. The zero-order valence-electron chi connectivity index (χ0n) is 12.3. The number of hydrogen-bond donors (Lipinski definition) is 1. The molecule has 2 N–H and O–H groups in total. The van der Waals surface area contributed by atoms with Gasteiger partial charge in [0.15, 0.2) is 16.6 Å². The van der Waals surface area contributed by atoms with Gasteiger partial charge >= 0.3 is 5.97 Å². The normalized spacial score (nSPS) is 22.4. The first-order valence-corrected chi connectivity index (χ1v) is 7.46. The summed E-state index contributed by atoms with van der Waals surface area (Å²) in [5, 5.41) is 0.898. The first-order chi connectivity index (χ1) is 9.43. The molecule has 112 valence electrons. The second kappa shape index (κ2) is 5.87. The molecule has 2 atom stereocenters. The minimum absolute atomic E-state index is 0.0314. The van der Waals surface area contributed by atoms with E-state index < -0.39 is 0 Å². The van der Waals surface area contributed by atoms with E-state index in [1.54, 1.807) is 0 Å². The summed E-state index contributed by atoms with van der Waals surface area (Å²) in [7, 11) is 1.43. The topological polar surface area (TPSA) is 77.7 Å². The highest BCUT2D eigenvalue weighted by molar-refractivity contribution is 7.11. The first kappa shape index (κ1) is 14.9. The van der Waals surface area contributed by atoms with Crippen molar-refractivity contribution >= 4 is 28.3 Å². The van der Waals surface area contributed by atoms with E-state index in [2.05, 4.69) is 16.2 Å². The largest absolute Gasteiger partial charge is 0.484 e. The summed E-state index contributed by atoms with van der Waals surface area (Å²) in [5.41, 5.74) is 5.87. The average Bonchev–Trinajstić information content (AvgIpc) is 2.93. The van der Waals surface area contributed by atoms with Gasteiger partial charge in [0.1, 0.15) is 0 Å². The van der Waals surface area contributed by atoms with Crippen LogP contribution in [0.5, 0.6) is 5.75 Å². The van der Waals surface area contributed by atoms with Gasteiger partial charge in [-0.05, 0) is 31.3 Å². The number of carbonyl (C=O) groups excluding carboxylic acids is 1. The van der Waals surface area contributed by atoms with Crippen LogP contribution in [0, 0.1) is 11.8 Å². The molecular formula is C13H21N3O3S. The second-order valence-corrected chi connectivity index (χ2v) is 6.13. The van der Waals surface area contributed by atoms with Gasteiger partial charge in [-0.25, -0.2) is 0 Å². The molecule has 0 amide bonds. The summed E-state index contributed by atoms with van der Waals surface area (Å²) in [6, 6.07) is 0. The number of anilines is 2. The van der Waals surface area contributed by atoms with Crippen LogP contribution in [0.25, 0.3) is 0 Å². The minimum Gasteiger partial charge on any atom is -0.484 e. The van der Waals surface area contributed by atoms with Crippen LogP contribution in [0.2, 0.25) is 0 Å². The molecule has 6 nitrogen and oxygen atoms in total. The molecule has 2 rings (SSSR count). The Morgan fingerprint density at radius 2 is 2.20 bits per heavy atom. The molecule has 7 heteroatoms. The van der Waals surface area contributed by atoms with E-state index >= 15 is 0 Å². The molecule has 0 bridgehead atoms. The predicted molar refractivity (Wildman–Crippen MR) is 79.2 cm³/mol. The average molecular weight is 299 g/mol. The molecule has 0 aromatic carbocycles. The van der Waals surface area contributed by atoms with Crippen LogP contribution in [0.15, 0.2) is 0 Å². The minimum atomic E-state index is -0.163. The molecule has 1 saturated heterocycles. The van der Waals surface area contributed by atoms with Gasteiger partial charge in [0.2, 0.25) is 0 Å². The van der Waals surface area contributed by atoms with Gasteiger partial charge in [-0.15, -0.1) is 0 Å². The maximum absolute atomic E-state index is 11.8. The van der Waals surface area contributed by atoms with Crippen molar-refractivity contribution in [2.24, 2.45) is 11.8 Å². The van der Waals surface area contributed by atoms with Crippen LogP contribution in [0.3, 0.4) is 0 Å². The summed E-state index contributed by atoms with van der Waals surface area (Å²) >= 11 is 1.31. The molecule has 1 aliphatic heterocycles. The zero-order valence-corrected chi connectivity index (χ0v) is 13.1. The molecule has 2 unspecified atom stereocenters. The number of methoxy groups -OCH3 is 1. The van der Waals surface area contributed by atoms with E-state index in [9.17, 15) is 4.79 Å². The maximum atomic E-state index is 11.8. The van der Waals surface area contributed by atoms with Crippen LogP contribution in [-0.2, 0) is 9.53 Å². The van der Waals surface area contributed by atoms with Crippen molar-refractivity contribution in [1.82, 2.24) is 4.37 Å². The number of nitrogen functional groups attached to an aromatic ring is 1. The fourth-order valence-corrected chi connectivity index (χ4v) is 3.19. The van der Waals surface area contributed by atoms with Gasteiger partial charge in [0, 0.05) is 13.1 Å². The van der Waals surface area contributed by atoms with Crippen molar-refractivity contribution in [2.75, 3.05) is 30.8 Å². The summed E-state index contributed by atoms with van der Waals surface area (Å²) < 4.78 is 14.8. The number of nitrogens with two attached hydrogens (primary N) is 1. The second-order valence-electron chi connectivity index (χ2n) is 5.38. The smallest absolute Gasteiger partial charge is 0.310 e. The van der Waals surface area contributed by atoms with Crippen LogP contribution < -0.4 is 15.4 Å². The summed E-state index contributed by atoms with van der Waals surface area (Å²) in [4.78, 5) is 13.9. The molecule has 0 aliphatic carbocycles. The molecule has 0 saturated carbocycles. The fourth-order valence-electron chi connectivity index (χ4n) is 2.42. The van der Waals surface area contributed by atoms with Gasteiger partial charge in [-0.2, -0.15) is 4.37 Å². The van der Waals surface area contributed by atoms with E-state index in [-0.39, 0.29) is 23.9 Å². The van der Waals surface area contributed by atoms with Gasteiger partial charge in [-0.3, -0.25) is 4.79 Å². The Morgan fingerprint density at radius 1 is 1.50 bits per heavy atom. The Hall–Kier alpha value is -1.50. The van der Waals surface area contributed by atoms with Crippen LogP contribution >= 0.6 is 11.5 Å². The molecule has 0 radical (unpaired) electrons. The number of hydrogen-bond acceptors (Lipinski definition) is 7. The third-order valence-electron chi connectivity index (χ3n) is 3.41. The van der Waals surface area contributed by atoms with Crippen LogP contribution in [0.4, 0.5) is 10.8 Å². The summed E-state index contributed by atoms with van der Waals surface area (Å²) in [5.74, 6) is 0.993. The van der Waals surface area contributed by atoms with Crippen molar-refractivity contribution in [3.63, 3.8) is 0 Å². The Morgan fingerprint density at radius 3 is 2.80 bits per heavy atom. The van der Waals surface area contributed by atoms with E-state index in [0.717, 1.165) is 11.5 Å². The molecular weight excluding hydrogens is 278 g/mol. The van der Waals surface area contributed by atoms with E-state index in [1.807, 2.05) is 13.8 Å². The first-order valence-electron chi connectivity index (χ1n) is 6.68. The predicted octanol–water partition coefficient (Wildman–Crippen LogP) is 1.76. The lowest BCUT2D eigenvalue weighted by Crippen LogP contribution is -2.24. The van der Waals surface area contributed by atoms with Crippen molar-refractivity contribution in [1.29, 1.82) is 0 Å². The lowest BCUT2D eigenvalue weighted by molar-refractivity contribution is -0.145. The lowest BCUT2D eigenvalue weighted by atomic mass is 9.99. The Labute approximate surface area is 123 Å². The Balaban J connectivity index is 2.19. The number of carbonyl (C=O) groups is 1. The highest BCUT2D eigenvalue weighted by Crippen LogP contribution is 2.42. The van der Waals surface area contributed by atoms with Gasteiger partial charge in [0.25, 0.3) is 0 Å². The number of aromatic nitrogens is 1.